The Labute approximate surface area is 185 Å². The molecule has 0 radical (unpaired) electrons. The zero-order valence-electron chi connectivity index (χ0n) is 17.2. The van der Waals surface area contributed by atoms with Crippen LogP contribution in [0.2, 0.25) is 5.02 Å². The molecule has 0 aliphatic rings. The monoisotopic (exact) mass is 461 g/mol. The molecule has 0 saturated carbocycles. The highest BCUT2D eigenvalue weighted by Gasteiger charge is 2.19. The summed E-state index contributed by atoms with van der Waals surface area (Å²) in [4.78, 5) is 25.6. The lowest BCUT2D eigenvalue weighted by molar-refractivity contribution is 0.0938. The lowest BCUT2D eigenvalue weighted by atomic mass is 10.1. The van der Waals surface area contributed by atoms with Crippen LogP contribution in [0.5, 0.6) is 0 Å². The summed E-state index contributed by atoms with van der Waals surface area (Å²) < 4.78 is 30.0. The highest BCUT2D eigenvalue weighted by atomic mass is 35.5. The number of aromatic nitrogens is 3. The molecule has 3 aromatic rings. The first kappa shape index (κ1) is 22.8. The Morgan fingerprint density at radius 3 is 2.61 bits per heavy atom. The summed E-state index contributed by atoms with van der Waals surface area (Å²) >= 11 is 5.84. The molecule has 0 saturated heterocycles. The van der Waals surface area contributed by atoms with Gasteiger partial charge in [-0.1, -0.05) is 18.5 Å². The van der Waals surface area contributed by atoms with Gasteiger partial charge in [-0.25, -0.2) is 8.60 Å². The van der Waals surface area contributed by atoms with E-state index in [0.29, 0.717) is 28.5 Å². The predicted molar refractivity (Wildman–Crippen MR) is 119 cm³/mol. The van der Waals surface area contributed by atoms with E-state index in [1.807, 2.05) is 6.92 Å². The molecular formula is C21H21ClFN5O2S. The minimum atomic E-state index is -2.29. The number of nitrogens with one attached hydrogen (secondary N) is 1. The van der Waals surface area contributed by atoms with Crippen molar-refractivity contribution >= 4 is 32.9 Å². The third-order valence-electron chi connectivity index (χ3n) is 4.43. The fraction of sp³-hybridized carbons (Fsp3) is 0.238. The predicted octanol–water partition coefficient (Wildman–Crippen LogP) is 4.57. The van der Waals surface area contributed by atoms with E-state index in [1.54, 1.807) is 25.3 Å². The summed E-state index contributed by atoms with van der Waals surface area (Å²) in [6.45, 7) is 3.55. The van der Waals surface area contributed by atoms with Crippen LogP contribution in [0.3, 0.4) is 0 Å². The Morgan fingerprint density at radius 1 is 1.23 bits per heavy atom. The van der Waals surface area contributed by atoms with E-state index >= 15 is 0 Å². The van der Waals surface area contributed by atoms with Crippen LogP contribution < -0.4 is 5.32 Å². The molecule has 0 aliphatic heterocycles. The van der Waals surface area contributed by atoms with Crippen molar-refractivity contribution in [3.63, 3.8) is 0 Å². The number of carbonyl (C=O) groups is 1. The van der Waals surface area contributed by atoms with E-state index in [-0.39, 0.29) is 10.6 Å². The summed E-state index contributed by atoms with van der Waals surface area (Å²) in [5.74, 6) is -0.652. The Morgan fingerprint density at radius 2 is 1.97 bits per heavy atom. The van der Waals surface area contributed by atoms with Gasteiger partial charge in [0.1, 0.15) is 11.5 Å². The van der Waals surface area contributed by atoms with Crippen LogP contribution in [0.15, 0.2) is 53.3 Å². The number of amides is 1. The fourth-order valence-electron chi connectivity index (χ4n) is 2.76. The number of halogens is 2. The van der Waals surface area contributed by atoms with Gasteiger partial charge in [0.05, 0.1) is 29.3 Å². The van der Waals surface area contributed by atoms with Crippen molar-refractivity contribution in [3.05, 3.63) is 71.0 Å². The largest absolute Gasteiger partial charge is 0.344 e. The lowest BCUT2D eigenvalue weighted by Crippen LogP contribution is -2.28. The van der Waals surface area contributed by atoms with Crippen molar-refractivity contribution in [2.75, 3.05) is 12.0 Å². The van der Waals surface area contributed by atoms with Crippen molar-refractivity contribution in [1.29, 1.82) is 0 Å². The molecule has 162 valence electrons. The molecule has 2 heterocycles. The van der Waals surface area contributed by atoms with Gasteiger partial charge < -0.3 is 5.32 Å². The molecule has 0 bridgehead atoms. The van der Waals surface area contributed by atoms with E-state index in [9.17, 15) is 13.4 Å². The Hall–Kier alpha value is -2.91. The molecule has 0 aliphatic carbocycles. The molecule has 1 aromatic carbocycles. The smallest absolute Gasteiger partial charge is 0.251 e. The molecule has 31 heavy (non-hydrogen) atoms. The van der Waals surface area contributed by atoms with Gasteiger partial charge in [-0.05, 0) is 37.3 Å². The Kier molecular flexibility index (Phi) is 6.97. The van der Waals surface area contributed by atoms with E-state index < -0.39 is 27.5 Å². The van der Waals surface area contributed by atoms with Crippen LogP contribution >= 0.6 is 11.6 Å². The maximum atomic E-state index is 13.6. The number of nitrogens with zero attached hydrogens (tertiary/aromatic N) is 4. The molecular weight excluding hydrogens is 441 g/mol. The number of carbonyl (C=O) groups excluding carboxylic acids is 1. The van der Waals surface area contributed by atoms with E-state index in [0.717, 1.165) is 12.1 Å². The molecule has 3 rings (SSSR count). The van der Waals surface area contributed by atoms with E-state index in [2.05, 4.69) is 24.6 Å². The van der Waals surface area contributed by atoms with Crippen molar-refractivity contribution in [1.82, 2.24) is 20.3 Å². The van der Waals surface area contributed by atoms with Gasteiger partial charge in [0.15, 0.2) is 0 Å². The van der Waals surface area contributed by atoms with Gasteiger partial charge in [0.25, 0.3) is 5.91 Å². The van der Waals surface area contributed by atoms with Crippen molar-refractivity contribution < 1.29 is 13.4 Å². The molecule has 1 amide bonds. The number of benzene rings is 1. The van der Waals surface area contributed by atoms with Crippen molar-refractivity contribution in [2.24, 2.45) is 4.36 Å². The number of rotatable bonds is 6. The summed E-state index contributed by atoms with van der Waals surface area (Å²) in [5, 5.41) is 2.91. The summed E-state index contributed by atoms with van der Waals surface area (Å²) in [5.41, 5.74) is 2.10. The first-order chi connectivity index (χ1) is 14.7. The second-order valence-electron chi connectivity index (χ2n) is 6.88. The second kappa shape index (κ2) is 9.49. The topological polar surface area (TPSA) is 97.2 Å². The third kappa shape index (κ3) is 5.83. The van der Waals surface area contributed by atoms with Crippen molar-refractivity contribution in [2.45, 2.75) is 19.9 Å². The number of hydrogen-bond donors (Lipinski definition) is 1. The van der Waals surface area contributed by atoms with Crippen molar-refractivity contribution in [3.8, 4) is 11.4 Å². The SMILES string of the molecule is CCS(C)(=O)=Nc1ccc(-c2nccnc2[C@H](C)NC(=O)c2cc(F)cc(Cl)c2)nc1. The average Bonchev–Trinajstić information content (AvgIpc) is 2.73. The minimum absolute atomic E-state index is 0.102. The van der Waals surface area contributed by atoms with Crippen LogP contribution in [-0.4, -0.2) is 37.1 Å². The number of hydrogen-bond acceptors (Lipinski definition) is 6. The van der Waals surface area contributed by atoms with Gasteiger partial charge >= 0.3 is 0 Å². The molecule has 1 N–H and O–H groups in total. The standard InChI is InChI=1S/C21H21ClFN5O2S/c1-4-31(3,30)28-17-5-6-18(26-12-17)20-19(24-7-8-25-20)13(2)27-21(29)14-9-15(22)11-16(23)10-14/h5-13H,4H2,1-3H3,(H,27,29)/t13-,31?/m0/s1. The Bertz CT molecular complexity index is 1210. The van der Waals surface area contributed by atoms with Crippen LogP contribution in [0.4, 0.5) is 10.1 Å². The molecule has 7 nitrogen and oxygen atoms in total. The van der Waals surface area contributed by atoms with Crippen LogP contribution in [0.25, 0.3) is 11.4 Å². The second-order valence-corrected chi connectivity index (χ2v) is 10.00. The van der Waals surface area contributed by atoms with Gasteiger partial charge in [-0.15, -0.1) is 0 Å². The summed E-state index contributed by atoms with van der Waals surface area (Å²) in [6, 6.07) is 6.49. The van der Waals surface area contributed by atoms with Gasteiger partial charge in [0, 0.05) is 44.7 Å². The van der Waals surface area contributed by atoms with E-state index in [1.165, 1.54) is 24.7 Å². The first-order valence-electron chi connectivity index (χ1n) is 9.42. The quantitative estimate of drug-likeness (QED) is 0.579. The molecule has 2 aromatic heterocycles. The normalized spacial score (nSPS) is 13.8. The van der Waals surface area contributed by atoms with Gasteiger partial charge in [0.2, 0.25) is 0 Å². The minimum Gasteiger partial charge on any atom is -0.344 e. The Balaban J connectivity index is 1.87. The van der Waals surface area contributed by atoms with Crippen LogP contribution in [0.1, 0.15) is 35.9 Å². The fourth-order valence-corrected chi connectivity index (χ4v) is 3.67. The molecule has 1 unspecified atom stereocenters. The van der Waals surface area contributed by atoms with Gasteiger partial charge in [-0.2, -0.15) is 4.36 Å². The first-order valence-corrected chi connectivity index (χ1v) is 11.9. The van der Waals surface area contributed by atoms with Crippen LogP contribution in [0, 0.1) is 5.82 Å². The zero-order valence-corrected chi connectivity index (χ0v) is 18.7. The maximum Gasteiger partial charge on any atom is 0.251 e. The lowest BCUT2D eigenvalue weighted by Gasteiger charge is -2.16. The summed E-state index contributed by atoms with van der Waals surface area (Å²) in [7, 11) is -2.29. The third-order valence-corrected chi connectivity index (χ3v) is 6.32. The zero-order chi connectivity index (χ0) is 22.6. The number of pyridine rings is 1. The van der Waals surface area contributed by atoms with Gasteiger partial charge in [-0.3, -0.25) is 19.7 Å². The highest BCUT2D eigenvalue weighted by molar-refractivity contribution is 7.93. The molecule has 10 heteroatoms. The van der Waals surface area contributed by atoms with Crippen LogP contribution in [-0.2, 0) is 9.73 Å². The molecule has 0 spiro atoms. The maximum absolute atomic E-state index is 13.6. The summed E-state index contributed by atoms with van der Waals surface area (Å²) in [6.07, 6.45) is 6.15. The highest BCUT2D eigenvalue weighted by Crippen LogP contribution is 2.25. The molecule has 0 fully saturated rings. The van der Waals surface area contributed by atoms with E-state index in [4.69, 9.17) is 11.6 Å². The molecule has 2 atom stereocenters. The average molecular weight is 462 g/mol.